The number of nitrogens with zero attached hydrogens (tertiary/aromatic N) is 1. The highest BCUT2D eigenvalue weighted by Crippen LogP contribution is 2.26. The molecule has 0 aliphatic carbocycles. The lowest BCUT2D eigenvalue weighted by molar-refractivity contribution is -0.120. The molecule has 2 amide bonds. The summed E-state index contributed by atoms with van der Waals surface area (Å²) < 4.78 is 27.2. The average Bonchev–Trinajstić information content (AvgIpc) is 2.58. The Morgan fingerprint density at radius 1 is 1.11 bits per heavy atom. The number of benzene rings is 1. The maximum atomic E-state index is 12.8. The van der Waals surface area contributed by atoms with Crippen LogP contribution in [-0.4, -0.2) is 50.2 Å². The first-order valence-corrected chi connectivity index (χ1v) is 10.7. The van der Waals surface area contributed by atoms with E-state index in [0.717, 1.165) is 6.42 Å². The summed E-state index contributed by atoms with van der Waals surface area (Å²) in [5.74, 6) is -0.0416. The Morgan fingerprint density at radius 3 is 2.19 bits per heavy atom. The number of rotatable bonds is 6. The van der Waals surface area contributed by atoms with Crippen LogP contribution in [0.15, 0.2) is 29.2 Å². The topological polar surface area (TPSA) is 95.6 Å². The second-order valence-corrected chi connectivity index (χ2v) is 9.64. The van der Waals surface area contributed by atoms with E-state index in [1.165, 1.54) is 28.6 Å². The van der Waals surface area contributed by atoms with Crippen LogP contribution in [0.25, 0.3) is 0 Å². The van der Waals surface area contributed by atoms with E-state index in [2.05, 4.69) is 24.5 Å². The monoisotopic (exact) mass is 395 g/mol. The van der Waals surface area contributed by atoms with Gasteiger partial charge in [0, 0.05) is 24.7 Å². The van der Waals surface area contributed by atoms with E-state index in [0.29, 0.717) is 30.5 Å². The predicted molar refractivity (Wildman–Crippen MR) is 104 cm³/mol. The Morgan fingerprint density at radius 2 is 1.67 bits per heavy atom. The molecule has 1 aliphatic rings. The number of carbonyl (C=O) groups excluding carboxylic acids is 2. The van der Waals surface area contributed by atoms with Crippen molar-refractivity contribution in [3.05, 3.63) is 29.8 Å². The molecule has 0 bridgehead atoms. The van der Waals surface area contributed by atoms with Crippen molar-refractivity contribution in [2.45, 2.75) is 45.1 Å². The van der Waals surface area contributed by atoms with Crippen LogP contribution in [0.4, 0.5) is 0 Å². The summed E-state index contributed by atoms with van der Waals surface area (Å²) in [6, 6.07) is 5.84. The molecule has 2 N–H and O–H groups in total. The number of hydrogen-bond donors (Lipinski definition) is 2. The minimum absolute atomic E-state index is 0.000818. The van der Waals surface area contributed by atoms with Crippen molar-refractivity contribution in [1.29, 1.82) is 0 Å². The van der Waals surface area contributed by atoms with Gasteiger partial charge < -0.3 is 10.6 Å². The van der Waals surface area contributed by atoms with Gasteiger partial charge in [0.25, 0.3) is 5.91 Å². The number of hydrogen-bond acceptors (Lipinski definition) is 4. The lowest BCUT2D eigenvalue weighted by Crippen LogP contribution is -2.42. The molecule has 0 spiro atoms. The zero-order valence-electron chi connectivity index (χ0n) is 16.4. The zero-order valence-corrected chi connectivity index (χ0v) is 17.2. The third-order valence-electron chi connectivity index (χ3n) is 4.45. The molecular formula is C19H29N3O4S. The van der Waals surface area contributed by atoms with Crippen molar-refractivity contribution in [3.63, 3.8) is 0 Å². The van der Waals surface area contributed by atoms with Crippen molar-refractivity contribution >= 4 is 21.8 Å². The Hall–Kier alpha value is -1.93. The average molecular weight is 396 g/mol. The summed E-state index contributed by atoms with van der Waals surface area (Å²) >= 11 is 0. The molecule has 0 unspecified atom stereocenters. The third kappa shape index (κ3) is 5.77. The smallest absolute Gasteiger partial charge is 0.251 e. The molecular weight excluding hydrogens is 366 g/mol. The van der Waals surface area contributed by atoms with E-state index in [-0.39, 0.29) is 23.4 Å². The highest BCUT2D eigenvalue weighted by molar-refractivity contribution is 7.89. The minimum atomic E-state index is -3.57. The van der Waals surface area contributed by atoms with Gasteiger partial charge in [0.1, 0.15) is 0 Å². The van der Waals surface area contributed by atoms with Gasteiger partial charge in [-0.25, -0.2) is 8.42 Å². The Labute approximate surface area is 161 Å². The molecule has 0 radical (unpaired) electrons. The van der Waals surface area contributed by atoms with E-state index in [9.17, 15) is 18.0 Å². The minimum Gasteiger partial charge on any atom is -0.352 e. The van der Waals surface area contributed by atoms with Crippen LogP contribution in [0.3, 0.4) is 0 Å². The maximum Gasteiger partial charge on any atom is 0.251 e. The Kier molecular flexibility index (Phi) is 7.00. The summed E-state index contributed by atoms with van der Waals surface area (Å²) in [5, 5.41) is 5.21. The quantitative estimate of drug-likeness (QED) is 0.765. The van der Waals surface area contributed by atoms with Crippen LogP contribution in [0, 0.1) is 11.8 Å². The van der Waals surface area contributed by atoms with Crippen molar-refractivity contribution in [3.8, 4) is 0 Å². The molecule has 7 nitrogen and oxygen atoms in total. The van der Waals surface area contributed by atoms with Gasteiger partial charge in [-0.1, -0.05) is 13.8 Å². The number of carbonyl (C=O) groups is 2. The molecule has 2 rings (SSSR count). The maximum absolute atomic E-state index is 12.8. The number of sulfonamides is 1. The van der Waals surface area contributed by atoms with Crippen LogP contribution in [0.2, 0.25) is 0 Å². The molecule has 150 valence electrons. The summed E-state index contributed by atoms with van der Waals surface area (Å²) in [7, 11) is -3.57. The van der Waals surface area contributed by atoms with Gasteiger partial charge in [0.05, 0.1) is 11.4 Å². The first-order valence-electron chi connectivity index (χ1n) is 9.27. The fraction of sp³-hybridized carbons (Fsp3) is 0.579. The fourth-order valence-electron chi connectivity index (χ4n) is 3.36. The molecule has 27 heavy (non-hydrogen) atoms. The van der Waals surface area contributed by atoms with Gasteiger partial charge >= 0.3 is 0 Å². The van der Waals surface area contributed by atoms with Crippen LogP contribution in [0.1, 0.15) is 44.5 Å². The zero-order chi connectivity index (χ0) is 20.2. The molecule has 1 aromatic carbocycles. The lowest BCUT2D eigenvalue weighted by Gasteiger charge is -2.34. The highest BCUT2D eigenvalue weighted by atomic mass is 32.2. The SMILES string of the molecule is CC(C)NC(=O)CNC(=O)c1ccc(S(=O)(=O)N2C[C@@H](C)C[C@H](C)C2)cc1. The molecule has 8 heteroatoms. The fourth-order valence-corrected chi connectivity index (χ4v) is 5.04. The lowest BCUT2D eigenvalue weighted by atomic mass is 9.94. The van der Waals surface area contributed by atoms with E-state index in [4.69, 9.17) is 0 Å². The number of piperidine rings is 1. The molecule has 1 fully saturated rings. The van der Waals surface area contributed by atoms with Gasteiger partial charge in [-0.05, 0) is 56.4 Å². The Bertz CT molecular complexity index is 765. The van der Waals surface area contributed by atoms with Gasteiger partial charge in [0.2, 0.25) is 15.9 Å². The van der Waals surface area contributed by atoms with Crippen molar-refractivity contribution < 1.29 is 18.0 Å². The number of amides is 2. The molecule has 0 saturated carbocycles. The second-order valence-electron chi connectivity index (χ2n) is 7.70. The molecule has 1 aromatic rings. The standard InChI is InChI=1S/C19H29N3O4S/c1-13(2)21-18(23)10-20-19(24)16-5-7-17(8-6-16)27(25,26)22-11-14(3)9-15(4)12-22/h5-8,13-15H,9-12H2,1-4H3,(H,20,24)(H,21,23)/t14-,15-/m0/s1. The van der Waals surface area contributed by atoms with Crippen LogP contribution < -0.4 is 10.6 Å². The van der Waals surface area contributed by atoms with Crippen LogP contribution >= 0.6 is 0 Å². The first-order chi connectivity index (χ1) is 12.6. The summed E-state index contributed by atoms with van der Waals surface area (Å²) in [6.45, 7) is 8.69. The van der Waals surface area contributed by atoms with E-state index >= 15 is 0 Å². The van der Waals surface area contributed by atoms with E-state index < -0.39 is 15.9 Å². The molecule has 1 saturated heterocycles. The van der Waals surface area contributed by atoms with Gasteiger partial charge in [0.15, 0.2) is 0 Å². The van der Waals surface area contributed by atoms with E-state index in [1.807, 2.05) is 13.8 Å². The van der Waals surface area contributed by atoms with Gasteiger partial charge in [-0.2, -0.15) is 4.31 Å². The summed E-state index contributed by atoms with van der Waals surface area (Å²) in [5.41, 5.74) is 0.312. The van der Waals surface area contributed by atoms with E-state index in [1.54, 1.807) is 0 Å². The molecule has 1 heterocycles. The summed E-state index contributed by atoms with van der Waals surface area (Å²) in [6.07, 6.45) is 1.02. The second kappa shape index (κ2) is 8.84. The van der Waals surface area contributed by atoms with Gasteiger partial charge in [-0.3, -0.25) is 9.59 Å². The molecule has 2 atom stereocenters. The highest BCUT2D eigenvalue weighted by Gasteiger charge is 2.31. The van der Waals surface area contributed by atoms with Crippen molar-refractivity contribution in [1.82, 2.24) is 14.9 Å². The van der Waals surface area contributed by atoms with Crippen molar-refractivity contribution in [2.75, 3.05) is 19.6 Å². The van der Waals surface area contributed by atoms with Crippen molar-refractivity contribution in [2.24, 2.45) is 11.8 Å². The van der Waals surface area contributed by atoms with Crippen LogP contribution in [-0.2, 0) is 14.8 Å². The summed E-state index contributed by atoms with van der Waals surface area (Å²) in [4.78, 5) is 23.9. The third-order valence-corrected chi connectivity index (χ3v) is 6.29. The normalized spacial score (nSPS) is 21.1. The van der Waals surface area contributed by atoms with Gasteiger partial charge in [-0.15, -0.1) is 0 Å². The largest absolute Gasteiger partial charge is 0.352 e. The number of nitrogens with one attached hydrogen (secondary N) is 2. The van der Waals surface area contributed by atoms with Crippen LogP contribution in [0.5, 0.6) is 0 Å². The first kappa shape index (κ1) is 21.4. The Balaban J connectivity index is 2.03. The predicted octanol–water partition coefficient (Wildman–Crippen LogP) is 1.61. The molecule has 0 aromatic heterocycles. The molecule has 1 aliphatic heterocycles.